The number of H-pyrrole nitrogens is 2. The third-order valence-electron chi connectivity index (χ3n) is 5.92. The highest BCUT2D eigenvalue weighted by atomic mass is 16.4. The number of hydrogen-bond acceptors (Lipinski definition) is 6. The first-order chi connectivity index (χ1) is 17.1. The highest BCUT2D eigenvalue weighted by molar-refractivity contribution is 5.97. The van der Waals surface area contributed by atoms with Crippen LogP contribution < -0.4 is 22.3 Å². The van der Waals surface area contributed by atoms with E-state index in [0.717, 1.165) is 22.3 Å². The molecule has 4 aromatic rings. The lowest BCUT2D eigenvalue weighted by Crippen LogP contribution is -2.34. The van der Waals surface area contributed by atoms with Crippen LogP contribution >= 0.6 is 0 Å². The summed E-state index contributed by atoms with van der Waals surface area (Å²) in [4.78, 5) is 51.5. The smallest absolute Gasteiger partial charge is 0.335 e. The SMILES string of the molecule is Cc1c(Cn2cc(-c3cccc([C@@H](C)NC(=O)c4[nH]c(=O)[nH]c(=O)c4N)c3)cn2)cccc1C(=O)O. The standard InChI is InChI=1S/C25H24N6O5/c1-13-17(7-4-8-19(13)24(34)35)11-31-12-18(10-27-31)16-6-3-5-15(9-16)14(2)28-23(33)21-20(26)22(32)30-25(36)29-21/h3-10,12,14H,11,26H2,1-2H3,(H,28,33)(H,34,35)(H2,29,30,32,36)/t14-/m1/s1. The molecule has 0 aliphatic rings. The molecule has 2 aromatic heterocycles. The summed E-state index contributed by atoms with van der Waals surface area (Å²) in [6.45, 7) is 3.95. The van der Waals surface area contributed by atoms with Gasteiger partial charge in [0, 0.05) is 11.8 Å². The van der Waals surface area contributed by atoms with Gasteiger partial charge in [-0.05, 0) is 48.2 Å². The summed E-state index contributed by atoms with van der Waals surface area (Å²) in [6.07, 6.45) is 3.57. The number of nitrogens with one attached hydrogen (secondary N) is 3. The van der Waals surface area contributed by atoms with Crippen LogP contribution in [0.5, 0.6) is 0 Å². The van der Waals surface area contributed by atoms with Crippen LogP contribution in [0.15, 0.2) is 64.4 Å². The Bertz CT molecular complexity index is 1580. The second-order valence-electron chi connectivity index (χ2n) is 8.34. The zero-order chi connectivity index (χ0) is 26.0. The van der Waals surface area contributed by atoms with Crippen LogP contribution in [0.25, 0.3) is 11.1 Å². The fraction of sp³-hybridized carbons (Fsp3) is 0.160. The molecule has 11 heteroatoms. The lowest BCUT2D eigenvalue weighted by molar-refractivity contribution is 0.0695. The molecule has 0 fully saturated rings. The lowest BCUT2D eigenvalue weighted by atomic mass is 10.0. The minimum absolute atomic E-state index is 0.259. The normalized spacial score (nSPS) is 11.7. The molecule has 0 saturated carbocycles. The van der Waals surface area contributed by atoms with Crippen molar-refractivity contribution in [2.24, 2.45) is 0 Å². The maximum absolute atomic E-state index is 12.6. The number of aromatic nitrogens is 4. The van der Waals surface area contributed by atoms with Gasteiger partial charge in [-0.2, -0.15) is 5.10 Å². The number of nitrogens with two attached hydrogens (primary N) is 1. The van der Waals surface area contributed by atoms with E-state index < -0.39 is 29.2 Å². The molecule has 0 spiro atoms. The first kappa shape index (κ1) is 24.2. The molecule has 4 rings (SSSR count). The number of nitrogens with zero attached hydrogens (tertiary/aromatic N) is 2. The van der Waals surface area contributed by atoms with E-state index in [1.54, 1.807) is 36.9 Å². The number of carboxylic acids is 1. The van der Waals surface area contributed by atoms with E-state index in [0.29, 0.717) is 12.1 Å². The second kappa shape index (κ2) is 9.74. The van der Waals surface area contributed by atoms with Gasteiger partial charge in [-0.15, -0.1) is 0 Å². The zero-order valence-corrected chi connectivity index (χ0v) is 19.5. The number of aromatic amines is 2. The molecule has 36 heavy (non-hydrogen) atoms. The van der Waals surface area contributed by atoms with Crippen LogP contribution in [0.1, 0.15) is 50.5 Å². The van der Waals surface area contributed by atoms with Crippen LogP contribution in [0.3, 0.4) is 0 Å². The first-order valence-corrected chi connectivity index (χ1v) is 11.0. The van der Waals surface area contributed by atoms with E-state index in [1.807, 2.05) is 41.5 Å². The van der Waals surface area contributed by atoms with Crippen molar-refractivity contribution in [3.63, 3.8) is 0 Å². The van der Waals surface area contributed by atoms with Crippen molar-refractivity contribution in [1.29, 1.82) is 0 Å². The minimum atomic E-state index is -0.971. The summed E-state index contributed by atoms with van der Waals surface area (Å²) in [6, 6.07) is 12.2. The Labute approximate surface area is 204 Å². The van der Waals surface area contributed by atoms with Gasteiger partial charge in [0.2, 0.25) is 0 Å². The van der Waals surface area contributed by atoms with Gasteiger partial charge in [0.05, 0.1) is 24.3 Å². The summed E-state index contributed by atoms with van der Waals surface area (Å²) in [5.74, 6) is -1.65. The van der Waals surface area contributed by atoms with Gasteiger partial charge in [0.1, 0.15) is 11.4 Å². The summed E-state index contributed by atoms with van der Waals surface area (Å²) < 4.78 is 1.73. The van der Waals surface area contributed by atoms with Crippen LogP contribution in [0, 0.1) is 6.92 Å². The fourth-order valence-electron chi connectivity index (χ4n) is 3.87. The van der Waals surface area contributed by atoms with Gasteiger partial charge < -0.3 is 21.1 Å². The Morgan fingerprint density at radius 1 is 1.14 bits per heavy atom. The molecule has 0 radical (unpaired) electrons. The molecule has 184 valence electrons. The van der Waals surface area contributed by atoms with Gasteiger partial charge in [-0.25, -0.2) is 9.59 Å². The summed E-state index contributed by atoms with van der Waals surface area (Å²) in [5, 5.41) is 16.5. The molecule has 11 nitrogen and oxygen atoms in total. The zero-order valence-electron chi connectivity index (χ0n) is 19.5. The van der Waals surface area contributed by atoms with Crippen LogP contribution in [0.2, 0.25) is 0 Å². The van der Waals surface area contributed by atoms with Crippen molar-refractivity contribution < 1.29 is 14.7 Å². The maximum Gasteiger partial charge on any atom is 0.335 e. The number of carboxylic acid groups (broad SMARTS) is 1. The van der Waals surface area contributed by atoms with Crippen molar-refractivity contribution in [3.05, 3.63) is 104 Å². The van der Waals surface area contributed by atoms with Gasteiger partial charge >= 0.3 is 11.7 Å². The van der Waals surface area contributed by atoms with Crippen LogP contribution in [-0.2, 0) is 6.54 Å². The Morgan fingerprint density at radius 2 is 1.89 bits per heavy atom. The predicted octanol–water partition coefficient (Wildman–Crippen LogP) is 2.05. The Morgan fingerprint density at radius 3 is 2.64 bits per heavy atom. The lowest BCUT2D eigenvalue weighted by Gasteiger charge is -2.15. The van der Waals surface area contributed by atoms with Crippen molar-refractivity contribution in [1.82, 2.24) is 25.1 Å². The Kier molecular flexibility index (Phi) is 6.55. The average molecular weight is 489 g/mol. The van der Waals surface area contributed by atoms with Crippen molar-refractivity contribution in [3.8, 4) is 11.1 Å². The molecular formula is C25H24N6O5. The molecule has 2 heterocycles. The number of carbonyl (C=O) groups is 2. The van der Waals surface area contributed by atoms with Crippen molar-refractivity contribution >= 4 is 17.6 Å². The summed E-state index contributed by atoms with van der Waals surface area (Å²) in [7, 11) is 0. The quantitative estimate of drug-likeness (QED) is 0.264. The largest absolute Gasteiger partial charge is 0.478 e. The van der Waals surface area contributed by atoms with Gasteiger partial charge in [-0.1, -0.05) is 30.3 Å². The Balaban J connectivity index is 1.52. The number of carbonyl (C=O) groups excluding carboxylic acids is 1. The fourth-order valence-corrected chi connectivity index (χ4v) is 3.87. The van der Waals surface area contributed by atoms with Crippen molar-refractivity contribution in [2.75, 3.05) is 5.73 Å². The minimum Gasteiger partial charge on any atom is -0.478 e. The molecular weight excluding hydrogens is 464 g/mol. The van der Waals surface area contributed by atoms with E-state index in [9.17, 15) is 24.3 Å². The average Bonchev–Trinajstić information content (AvgIpc) is 3.31. The van der Waals surface area contributed by atoms with Crippen LogP contribution in [0.4, 0.5) is 5.69 Å². The van der Waals surface area contributed by atoms with E-state index in [1.165, 1.54) is 0 Å². The van der Waals surface area contributed by atoms with Crippen molar-refractivity contribution in [2.45, 2.75) is 26.4 Å². The summed E-state index contributed by atoms with van der Waals surface area (Å²) in [5.41, 5.74) is 7.61. The Hall–Kier alpha value is -4.93. The van der Waals surface area contributed by atoms with Gasteiger partial charge in [0.25, 0.3) is 11.5 Å². The number of hydrogen-bond donors (Lipinski definition) is 5. The molecule has 0 aliphatic heterocycles. The van der Waals surface area contributed by atoms with E-state index in [4.69, 9.17) is 5.73 Å². The molecule has 2 aromatic carbocycles. The number of benzene rings is 2. The van der Waals surface area contributed by atoms with E-state index in [2.05, 4.69) is 15.4 Å². The number of rotatable bonds is 7. The second-order valence-corrected chi connectivity index (χ2v) is 8.34. The van der Waals surface area contributed by atoms with Gasteiger partial charge in [0.15, 0.2) is 0 Å². The number of aromatic carboxylic acids is 1. The molecule has 0 saturated heterocycles. The maximum atomic E-state index is 12.6. The van der Waals surface area contributed by atoms with Gasteiger partial charge in [-0.3, -0.25) is 19.3 Å². The molecule has 1 amide bonds. The number of anilines is 1. The first-order valence-electron chi connectivity index (χ1n) is 11.0. The van der Waals surface area contributed by atoms with Crippen LogP contribution in [-0.4, -0.2) is 36.7 Å². The molecule has 0 bridgehead atoms. The highest BCUT2D eigenvalue weighted by Gasteiger charge is 2.18. The summed E-state index contributed by atoms with van der Waals surface area (Å²) >= 11 is 0. The monoisotopic (exact) mass is 488 g/mol. The van der Waals surface area contributed by atoms with E-state index in [-0.39, 0.29) is 16.9 Å². The van der Waals surface area contributed by atoms with E-state index >= 15 is 0 Å². The number of nitrogen functional groups attached to an aromatic ring is 1. The molecule has 6 N–H and O–H groups in total. The molecule has 0 unspecified atom stereocenters. The third-order valence-corrected chi connectivity index (χ3v) is 5.92. The third kappa shape index (κ3) is 4.94. The molecule has 0 aliphatic carbocycles. The topological polar surface area (TPSA) is 176 Å². The predicted molar refractivity (Wildman–Crippen MR) is 133 cm³/mol. The highest BCUT2D eigenvalue weighted by Crippen LogP contribution is 2.24. The molecule has 1 atom stereocenters. The number of amides is 1.